The van der Waals surface area contributed by atoms with E-state index in [1.165, 1.54) is 6.42 Å². The van der Waals surface area contributed by atoms with Gasteiger partial charge in [0.25, 0.3) is 0 Å². The number of halogens is 1. The predicted molar refractivity (Wildman–Crippen MR) is 140 cm³/mol. The van der Waals surface area contributed by atoms with E-state index in [0.29, 0.717) is 23.2 Å². The van der Waals surface area contributed by atoms with Crippen molar-refractivity contribution < 1.29 is 14.1 Å². The van der Waals surface area contributed by atoms with E-state index in [-0.39, 0.29) is 11.9 Å². The van der Waals surface area contributed by atoms with Crippen molar-refractivity contribution in [3.8, 4) is 16.9 Å². The number of aromatic nitrogens is 3. The van der Waals surface area contributed by atoms with Gasteiger partial charge in [-0.15, -0.1) is 0 Å². The highest BCUT2D eigenvalue weighted by Crippen LogP contribution is 2.43. The van der Waals surface area contributed by atoms with Crippen LogP contribution in [-0.2, 0) is 4.79 Å². The largest absolute Gasteiger partial charge is 0.495 e. The molecule has 4 aromatic rings. The summed E-state index contributed by atoms with van der Waals surface area (Å²) in [6.45, 7) is 3.89. The van der Waals surface area contributed by atoms with Crippen LogP contribution in [0.15, 0.2) is 40.9 Å². The summed E-state index contributed by atoms with van der Waals surface area (Å²) in [5.74, 6) is 2.43. The van der Waals surface area contributed by atoms with Gasteiger partial charge in [0, 0.05) is 23.7 Å². The first-order valence-corrected chi connectivity index (χ1v) is 12.9. The van der Waals surface area contributed by atoms with Crippen LogP contribution in [0, 0.1) is 13.8 Å². The van der Waals surface area contributed by atoms with Crippen molar-refractivity contribution in [2.45, 2.75) is 64.5 Å². The Kier molecular flexibility index (Phi) is 5.75. The predicted octanol–water partition coefficient (Wildman–Crippen LogP) is 6.95. The second-order valence-electron chi connectivity index (χ2n) is 9.82. The minimum absolute atomic E-state index is 0.0936. The van der Waals surface area contributed by atoms with Crippen molar-refractivity contribution in [1.29, 1.82) is 0 Å². The minimum Gasteiger partial charge on any atom is -0.495 e. The van der Waals surface area contributed by atoms with Crippen LogP contribution >= 0.6 is 11.6 Å². The maximum absolute atomic E-state index is 13.3. The molecule has 6 rings (SSSR count). The number of imidazole rings is 1. The standard InChI is InChI=1S/C28H29ClN4O3/c1-16-27(17(2)36-31-16)18-10-12-23-22(14-18)30-28(33(23)19-6-4-7-19)24-8-5-9-26(34)32(24)20-11-13-25(35-3)21(29)15-20/h10-15,19,24H,4-9H2,1-3H3/t24-/m0/s1. The fraction of sp³-hybridized carbons (Fsp3) is 0.393. The number of piperidine rings is 1. The second-order valence-corrected chi connectivity index (χ2v) is 10.2. The molecule has 36 heavy (non-hydrogen) atoms. The number of nitrogens with zero attached hydrogens (tertiary/aromatic N) is 4. The Bertz CT molecular complexity index is 1450. The first-order valence-electron chi connectivity index (χ1n) is 12.6. The molecule has 0 N–H and O–H groups in total. The number of hydrogen-bond donors (Lipinski definition) is 0. The zero-order valence-electron chi connectivity index (χ0n) is 20.8. The van der Waals surface area contributed by atoms with Crippen LogP contribution in [0.5, 0.6) is 5.75 Å². The van der Waals surface area contributed by atoms with Gasteiger partial charge in [0.2, 0.25) is 5.91 Å². The Labute approximate surface area is 215 Å². The molecule has 0 bridgehead atoms. The van der Waals surface area contributed by atoms with Crippen molar-refractivity contribution in [1.82, 2.24) is 14.7 Å². The Morgan fingerprint density at radius 2 is 1.92 bits per heavy atom. The third kappa shape index (κ3) is 3.68. The average molecular weight is 505 g/mol. The lowest BCUT2D eigenvalue weighted by atomic mass is 9.91. The molecule has 2 aromatic carbocycles. The zero-order valence-corrected chi connectivity index (χ0v) is 21.5. The number of anilines is 1. The van der Waals surface area contributed by atoms with Crippen LogP contribution in [0.3, 0.4) is 0 Å². The van der Waals surface area contributed by atoms with Crippen LogP contribution in [0.2, 0.25) is 5.02 Å². The van der Waals surface area contributed by atoms with Crippen molar-refractivity contribution in [2.24, 2.45) is 0 Å². The number of benzene rings is 2. The summed E-state index contributed by atoms with van der Waals surface area (Å²) in [4.78, 5) is 20.4. The third-order valence-corrected chi connectivity index (χ3v) is 7.93. The van der Waals surface area contributed by atoms with Gasteiger partial charge in [-0.3, -0.25) is 4.79 Å². The van der Waals surface area contributed by atoms with Crippen molar-refractivity contribution in [2.75, 3.05) is 12.0 Å². The van der Waals surface area contributed by atoms with Gasteiger partial charge in [0.15, 0.2) is 0 Å². The van der Waals surface area contributed by atoms with Gasteiger partial charge in [0.05, 0.1) is 34.9 Å². The van der Waals surface area contributed by atoms with E-state index < -0.39 is 0 Å². The molecule has 2 fully saturated rings. The molecule has 2 aromatic heterocycles. The van der Waals surface area contributed by atoms with Gasteiger partial charge < -0.3 is 18.7 Å². The topological polar surface area (TPSA) is 73.4 Å². The molecular weight excluding hydrogens is 476 g/mol. The highest BCUT2D eigenvalue weighted by molar-refractivity contribution is 6.32. The molecule has 1 amide bonds. The van der Waals surface area contributed by atoms with Crippen LogP contribution in [0.4, 0.5) is 5.69 Å². The lowest BCUT2D eigenvalue weighted by Gasteiger charge is -2.38. The van der Waals surface area contributed by atoms with Crippen LogP contribution in [0.25, 0.3) is 22.2 Å². The van der Waals surface area contributed by atoms with Crippen molar-refractivity contribution >= 4 is 34.2 Å². The average Bonchev–Trinajstić information content (AvgIpc) is 3.36. The van der Waals surface area contributed by atoms with Crippen LogP contribution < -0.4 is 9.64 Å². The zero-order chi connectivity index (χ0) is 25.0. The first-order chi connectivity index (χ1) is 17.5. The number of carbonyl (C=O) groups excluding carboxylic acids is 1. The lowest BCUT2D eigenvalue weighted by molar-refractivity contribution is -0.120. The number of rotatable bonds is 5. The quantitative estimate of drug-likeness (QED) is 0.294. The summed E-state index contributed by atoms with van der Waals surface area (Å²) in [6, 6.07) is 12.2. The molecular formula is C28H29ClN4O3. The number of hydrogen-bond acceptors (Lipinski definition) is 5. The first kappa shape index (κ1) is 23.1. The number of carbonyl (C=O) groups is 1. The molecule has 186 valence electrons. The normalized spacial score (nSPS) is 18.6. The van der Waals surface area contributed by atoms with E-state index in [4.69, 9.17) is 25.8 Å². The molecule has 1 aliphatic heterocycles. The van der Waals surface area contributed by atoms with E-state index >= 15 is 0 Å². The Morgan fingerprint density at radius 1 is 1.08 bits per heavy atom. The summed E-state index contributed by atoms with van der Waals surface area (Å²) >= 11 is 6.46. The molecule has 0 unspecified atom stereocenters. The fourth-order valence-corrected chi connectivity index (χ4v) is 5.93. The molecule has 1 aliphatic carbocycles. The molecule has 1 saturated carbocycles. The van der Waals surface area contributed by atoms with Crippen molar-refractivity contribution in [3.63, 3.8) is 0 Å². The monoisotopic (exact) mass is 504 g/mol. The molecule has 1 saturated heterocycles. The maximum Gasteiger partial charge on any atom is 0.227 e. The lowest BCUT2D eigenvalue weighted by Crippen LogP contribution is -2.40. The summed E-state index contributed by atoms with van der Waals surface area (Å²) in [5.41, 5.74) is 5.74. The summed E-state index contributed by atoms with van der Waals surface area (Å²) < 4.78 is 13.1. The Morgan fingerprint density at radius 3 is 2.58 bits per heavy atom. The van der Waals surface area contributed by atoms with Gasteiger partial charge in [-0.25, -0.2) is 4.98 Å². The van der Waals surface area contributed by atoms with E-state index in [1.54, 1.807) is 7.11 Å². The van der Waals surface area contributed by atoms with Gasteiger partial charge in [-0.2, -0.15) is 0 Å². The summed E-state index contributed by atoms with van der Waals surface area (Å²) in [5, 5.41) is 4.62. The van der Waals surface area contributed by atoms with E-state index in [9.17, 15) is 4.79 Å². The number of aryl methyl sites for hydroxylation is 2. The third-order valence-electron chi connectivity index (χ3n) is 7.64. The highest BCUT2D eigenvalue weighted by Gasteiger charge is 2.36. The Hall–Kier alpha value is -3.32. The van der Waals surface area contributed by atoms with Crippen LogP contribution in [-0.4, -0.2) is 27.7 Å². The van der Waals surface area contributed by atoms with Gasteiger partial charge >= 0.3 is 0 Å². The molecule has 3 heterocycles. The summed E-state index contributed by atoms with van der Waals surface area (Å²) in [7, 11) is 1.59. The molecule has 7 nitrogen and oxygen atoms in total. The molecule has 1 atom stereocenters. The van der Waals surface area contributed by atoms with E-state index in [0.717, 1.165) is 70.8 Å². The van der Waals surface area contributed by atoms with Gasteiger partial charge in [0.1, 0.15) is 17.3 Å². The smallest absolute Gasteiger partial charge is 0.227 e. The molecule has 2 aliphatic rings. The number of amides is 1. The van der Waals surface area contributed by atoms with E-state index in [1.807, 2.05) is 36.9 Å². The SMILES string of the molecule is COc1ccc(N2C(=O)CCC[C@H]2c2nc3cc(-c4c(C)noc4C)ccc3n2C2CCC2)cc1Cl. The number of ether oxygens (including phenoxy) is 1. The highest BCUT2D eigenvalue weighted by atomic mass is 35.5. The molecule has 0 spiro atoms. The van der Waals surface area contributed by atoms with Gasteiger partial charge in [-0.05, 0) is 81.8 Å². The molecule has 8 heteroatoms. The van der Waals surface area contributed by atoms with Crippen molar-refractivity contribution in [3.05, 3.63) is 58.7 Å². The second kappa shape index (κ2) is 8.96. The Balaban J connectivity index is 1.49. The van der Waals surface area contributed by atoms with Crippen LogP contribution in [0.1, 0.15) is 67.9 Å². The summed E-state index contributed by atoms with van der Waals surface area (Å²) in [6.07, 6.45) is 5.66. The fourth-order valence-electron chi connectivity index (χ4n) is 5.68. The number of methoxy groups -OCH3 is 1. The number of fused-ring (bicyclic) bond motifs is 1. The molecule has 0 radical (unpaired) electrons. The van der Waals surface area contributed by atoms with Gasteiger partial charge in [-0.1, -0.05) is 22.8 Å². The maximum atomic E-state index is 13.3. The minimum atomic E-state index is -0.161. The van der Waals surface area contributed by atoms with E-state index in [2.05, 4.69) is 27.9 Å².